The number of hydrogen-bond acceptors (Lipinski definition) is 7. The third-order valence-corrected chi connectivity index (χ3v) is 7.10. The van der Waals surface area contributed by atoms with Crippen LogP contribution in [-0.4, -0.2) is 64.1 Å². The number of imide groups is 1. The molecule has 0 saturated heterocycles. The van der Waals surface area contributed by atoms with E-state index in [9.17, 15) is 19.2 Å². The first-order valence-corrected chi connectivity index (χ1v) is 13.3. The van der Waals surface area contributed by atoms with Gasteiger partial charge in [-0.15, -0.1) is 0 Å². The lowest BCUT2D eigenvalue weighted by atomic mass is 9.89. The Bertz CT molecular complexity index is 1140. The lowest BCUT2D eigenvalue weighted by Crippen LogP contribution is -2.32. The number of rotatable bonds is 12. The standard InChI is InChI=1S/C27H39N5O6/c1-31(27(37)38-2)26(36)19-11-12-22-21(16-19)30-25(32(22)17-18-8-4-3-5-9-18)20(10-6-7-15-28)29-23(33)13-14-24(34)35/h11-12,16,18,20H,3-10,13-15,17,28H2,1-2H3,(H,29,33)(H,34,35). The molecule has 38 heavy (non-hydrogen) atoms. The second-order valence-electron chi connectivity index (χ2n) is 9.92. The number of unbranched alkanes of at least 4 members (excludes halogenated alkanes) is 1. The number of aromatic nitrogens is 2. The van der Waals surface area contributed by atoms with Crippen molar-refractivity contribution in [1.29, 1.82) is 0 Å². The number of methoxy groups -OCH3 is 1. The zero-order valence-corrected chi connectivity index (χ0v) is 22.3. The average Bonchev–Trinajstić information content (AvgIpc) is 3.27. The topological polar surface area (TPSA) is 157 Å². The number of carbonyl (C=O) groups excluding carboxylic acids is 3. The molecule has 1 aromatic heterocycles. The van der Waals surface area contributed by atoms with Crippen molar-refractivity contribution >= 4 is 34.9 Å². The smallest absolute Gasteiger partial charge is 0.416 e. The van der Waals surface area contributed by atoms with Gasteiger partial charge in [0.05, 0.1) is 30.6 Å². The number of fused-ring (bicyclic) bond motifs is 1. The fourth-order valence-corrected chi connectivity index (χ4v) is 5.03. The number of amides is 3. The summed E-state index contributed by atoms with van der Waals surface area (Å²) in [6.07, 6.45) is 6.82. The predicted molar refractivity (Wildman–Crippen MR) is 141 cm³/mol. The summed E-state index contributed by atoms with van der Waals surface area (Å²) < 4.78 is 6.79. The van der Waals surface area contributed by atoms with Crippen molar-refractivity contribution < 1.29 is 29.0 Å². The number of carboxylic acid groups (broad SMARTS) is 1. The zero-order valence-electron chi connectivity index (χ0n) is 22.3. The summed E-state index contributed by atoms with van der Waals surface area (Å²) in [6.45, 7) is 1.26. The lowest BCUT2D eigenvalue weighted by Gasteiger charge is -2.25. The van der Waals surface area contributed by atoms with E-state index in [0.717, 1.165) is 42.6 Å². The van der Waals surface area contributed by atoms with Crippen LogP contribution in [0, 0.1) is 5.92 Å². The van der Waals surface area contributed by atoms with Crippen LogP contribution in [0.25, 0.3) is 11.0 Å². The molecule has 3 rings (SSSR count). The highest BCUT2D eigenvalue weighted by Crippen LogP contribution is 2.31. The number of nitrogens with zero attached hydrogens (tertiary/aromatic N) is 3. The van der Waals surface area contributed by atoms with Crippen LogP contribution < -0.4 is 11.1 Å². The number of imidazole rings is 1. The molecule has 2 aromatic rings. The van der Waals surface area contributed by atoms with E-state index >= 15 is 0 Å². The Kier molecular flexibility index (Phi) is 10.6. The van der Waals surface area contributed by atoms with Crippen LogP contribution in [0.1, 0.15) is 86.4 Å². The molecule has 1 unspecified atom stereocenters. The van der Waals surface area contributed by atoms with Crippen LogP contribution >= 0.6 is 0 Å². The van der Waals surface area contributed by atoms with Crippen molar-refractivity contribution in [2.24, 2.45) is 11.7 Å². The van der Waals surface area contributed by atoms with Gasteiger partial charge in [0.25, 0.3) is 5.91 Å². The van der Waals surface area contributed by atoms with E-state index in [2.05, 4.69) is 14.6 Å². The molecule has 208 valence electrons. The summed E-state index contributed by atoms with van der Waals surface area (Å²) in [6, 6.07) is 4.72. The van der Waals surface area contributed by atoms with Gasteiger partial charge in [-0.3, -0.25) is 14.4 Å². The minimum absolute atomic E-state index is 0.121. The summed E-state index contributed by atoms with van der Waals surface area (Å²) >= 11 is 0. The molecule has 4 N–H and O–H groups in total. The summed E-state index contributed by atoms with van der Waals surface area (Å²) in [4.78, 5) is 54.2. The molecule has 0 bridgehead atoms. The summed E-state index contributed by atoms with van der Waals surface area (Å²) in [7, 11) is 2.57. The molecule has 1 atom stereocenters. The van der Waals surface area contributed by atoms with E-state index in [-0.39, 0.29) is 18.7 Å². The summed E-state index contributed by atoms with van der Waals surface area (Å²) in [5, 5.41) is 12.0. The van der Waals surface area contributed by atoms with Gasteiger partial charge < -0.3 is 25.5 Å². The fourth-order valence-electron chi connectivity index (χ4n) is 5.03. The molecule has 11 nitrogen and oxygen atoms in total. The number of benzene rings is 1. The fraction of sp³-hybridized carbons (Fsp3) is 0.593. The number of carbonyl (C=O) groups is 4. The number of ether oxygens (including phenoxy) is 1. The highest BCUT2D eigenvalue weighted by molar-refractivity contribution is 6.04. The van der Waals surface area contributed by atoms with Crippen molar-refractivity contribution in [1.82, 2.24) is 19.8 Å². The van der Waals surface area contributed by atoms with Crippen molar-refractivity contribution in [3.8, 4) is 0 Å². The molecule has 1 aliphatic rings. The SMILES string of the molecule is COC(=O)N(C)C(=O)c1ccc2c(c1)nc(C(CCCCN)NC(=O)CCC(=O)O)n2CC1CCCCC1. The van der Waals surface area contributed by atoms with Crippen molar-refractivity contribution in [3.05, 3.63) is 29.6 Å². The van der Waals surface area contributed by atoms with Gasteiger partial charge >= 0.3 is 12.1 Å². The van der Waals surface area contributed by atoms with Crippen LogP contribution in [0.15, 0.2) is 18.2 Å². The van der Waals surface area contributed by atoms with E-state index in [1.807, 2.05) is 6.07 Å². The van der Waals surface area contributed by atoms with Gasteiger partial charge in [-0.1, -0.05) is 19.3 Å². The van der Waals surface area contributed by atoms with E-state index in [4.69, 9.17) is 15.8 Å². The summed E-state index contributed by atoms with van der Waals surface area (Å²) in [5.74, 6) is -0.740. The van der Waals surface area contributed by atoms with Gasteiger partial charge in [-0.05, 0) is 62.8 Å². The molecule has 1 aromatic carbocycles. The third-order valence-electron chi connectivity index (χ3n) is 7.10. The number of hydrogen-bond donors (Lipinski definition) is 3. The monoisotopic (exact) mass is 529 g/mol. The molecular formula is C27H39N5O6. The van der Waals surface area contributed by atoms with E-state index in [0.29, 0.717) is 35.8 Å². The van der Waals surface area contributed by atoms with Gasteiger partial charge in [-0.25, -0.2) is 14.7 Å². The first-order valence-electron chi connectivity index (χ1n) is 13.3. The largest absolute Gasteiger partial charge is 0.481 e. The van der Waals surface area contributed by atoms with Crippen LogP contribution in [-0.2, 0) is 20.9 Å². The molecule has 3 amide bonds. The highest BCUT2D eigenvalue weighted by atomic mass is 16.5. The van der Waals surface area contributed by atoms with Crippen LogP contribution in [0.4, 0.5) is 4.79 Å². The highest BCUT2D eigenvalue weighted by Gasteiger charge is 2.26. The average molecular weight is 530 g/mol. The molecule has 1 saturated carbocycles. The Morgan fingerprint density at radius 1 is 1.18 bits per heavy atom. The van der Waals surface area contributed by atoms with Crippen molar-refractivity contribution in [2.45, 2.75) is 76.8 Å². The Morgan fingerprint density at radius 3 is 2.58 bits per heavy atom. The van der Waals surface area contributed by atoms with Gasteiger partial charge in [0.1, 0.15) is 5.82 Å². The predicted octanol–water partition coefficient (Wildman–Crippen LogP) is 3.61. The molecule has 11 heteroatoms. The maximum atomic E-state index is 12.9. The van der Waals surface area contributed by atoms with Gasteiger partial charge in [-0.2, -0.15) is 0 Å². The molecule has 0 radical (unpaired) electrons. The van der Waals surface area contributed by atoms with Crippen LogP contribution in [0.5, 0.6) is 0 Å². The molecule has 0 aliphatic heterocycles. The Balaban J connectivity index is 2.01. The number of nitrogens with one attached hydrogen (secondary N) is 1. The number of aliphatic carboxylic acids is 1. The van der Waals surface area contributed by atoms with Crippen LogP contribution in [0.3, 0.4) is 0 Å². The minimum atomic E-state index is -1.03. The molecule has 1 fully saturated rings. The van der Waals surface area contributed by atoms with Gasteiger partial charge in [0, 0.05) is 25.6 Å². The maximum absolute atomic E-state index is 12.9. The van der Waals surface area contributed by atoms with E-state index < -0.39 is 24.0 Å². The second-order valence-corrected chi connectivity index (χ2v) is 9.92. The maximum Gasteiger partial charge on any atom is 0.416 e. The number of nitrogens with two attached hydrogens (primary N) is 1. The quantitative estimate of drug-likeness (QED) is 0.352. The zero-order chi connectivity index (χ0) is 27.7. The van der Waals surface area contributed by atoms with E-state index in [1.165, 1.54) is 33.4 Å². The first-order chi connectivity index (χ1) is 18.2. The Hall–Kier alpha value is -3.47. The third kappa shape index (κ3) is 7.53. The minimum Gasteiger partial charge on any atom is -0.481 e. The second kappa shape index (κ2) is 13.9. The van der Waals surface area contributed by atoms with Crippen molar-refractivity contribution in [2.75, 3.05) is 20.7 Å². The molecule has 1 heterocycles. The lowest BCUT2D eigenvalue weighted by molar-refractivity contribution is -0.139. The van der Waals surface area contributed by atoms with Crippen molar-refractivity contribution in [3.63, 3.8) is 0 Å². The molecular weight excluding hydrogens is 490 g/mol. The Labute approximate surface area is 222 Å². The normalized spacial score (nSPS) is 14.7. The van der Waals surface area contributed by atoms with E-state index in [1.54, 1.807) is 12.1 Å². The van der Waals surface area contributed by atoms with Gasteiger partial charge in [0.15, 0.2) is 0 Å². The Morgan fingerprint density at radius 2 is 1.92 bits per heavy atom. The first kappa shape index (κ1) is 29.1. The summed E-state index contributed by atoms with van der Waals surface area (Å²) in [5.41, 5.74) is 7.43. The van der Waals surface area contributed by atoms with Gasteiger partial charge in [0.2, 0.25) is 5.91 Å². The number of carboxylic acids is 1. The molecule has 0 spiro atoms. The molecule has 1 aliphatic carbocycles. The van der Waals surface area contributed by atoms with Crippen LogP contribution in [0.2, 0.25) is 0 Å².